The predicted octanol–water partition coefficient (Wildman–Crippen LogP) is 1.80. The number of hydrogen-bond acceptors (Lipinski definition) is 2. The van der Waals surface area contributed by atoms with E-state index >= 15 is 0 Å². The highest BCUT2D eigenvalue weighted by Crippen LogP contribution is 2.12. The van der Waals surface area contributed by atoms with E-state index < -0.39 is 0 Å². The van der Waals surface area contributed by atoms with Crippen LogP contribution in [-0.2, 0) is 0 Å². The summed E-state index contributed by atoms with van der Waals surface area (Å²) in [5.41, 5.74) is 1.03. The Morgan fingerprint density at radius 3 is 2.90 bits per heavy atom. The fourth-order valence-corrected chi connectivity index (χ4v) is 0.713. The van der Waals surface area contributed by atoms with Gasteiger partial charge in [0, 0.05) is 18.6 Å². The molecule has 10 heavy (non-hydrogen) atoms. The van der Waals surface area contributed by atoms with E-state index in [0.717, 1.165) is 12.1 Å². The van der Waals surface area contributed by atoms with E-state index in [-0.39, 0.29) is 0 Å². The molecule has 0 aromatic carbocycles. The van der Waals surface area contributed by atoms with Gasteiger partial charge in [-0.2, -0.15) is 0 Å². The molecule has 2 heteroatoms. The zero-order valence-corrected chi connectivity index (χ0v) is 6.12. The van der Waals surface area contributed by atoms with Crippen LogP contribution >= 0.6 is 0 Å². The Morgan fingerprint density at radius 1 is 1.60 bits per heavy atom. The Kier molecular flexibility index (Phi) is 2.37. The van der Waals surface area contributed by atoms with E-state index in [4.69, 9.17) is 0 Å². The fraction of sp³-hybridized carbons (Fsp3) is 0.375. The summed E-state index contributed by atoms with van der Waals surface area (Å²) in [5, 5.41) is 0. The molecule has 0 fully saturated rings. The van der Waals surface area contributed by atoms with Crippen LogP contribution in [0.15, 0.2) is 18.6 Å². The Labute approximate surface area is 61.3 Å². The van der Waals surface area contributed by atoms with Crippen molar-refractivity contribution in [1.82, 2.24) is 9.97 Å². The molecule has 0 aliphatic heterocycles. The summed E-state index contributed by atoms with van der Waals surface area (Å²) in [6.45, 7) is 5.89. The van der Waals surface area contributed by atoms with Gasteiger partial charge in [0.05, 0.1) is 5.69 Å². The maximum atomic E-state index is 4.15. The maximum absolute atomic E-state index is 4.15. The number of rotatable bonds is 2. The standard InChI is InChI=1S/C8H11N2/c1-3-7(2)8-6-9-4-5-10-8/h4-7H,1,3H2,2H3. The Hall–Kier alpha value is -0.920. The molecule has 1 unspecified atom stereocenters. The first-order valence-electron chi connectivity index (χ1n) is 3.39. The lowest BCUT2D eigenvalue weighted by atomic mass is 10.1. The van der Waals surface area contributed by atoms with E-state index in [1.165, 1.54) is 0 Å². The van der Waals surface area contributed by atoms with Crippen molar-refractivity contribution in [2.24, 2.45) is 0 Å². The topological polar surface area (TPSA) is 25.8 Å². The minimum Gasteiger partial charge on any atom is -0.261 e. The van der Waals surface area contributed by atoms with Crippen LogP contribution < -0.4 is 0 Å². The minimum atomic E-state index is 0.425. The van der Waals surface area contributed by atoms with Crippen molar-refractivity contribution in [3.63, 3.8) is 0 Å². The van der Waals surface area contributed by atoms with Crippen LogP contribution in [0.5, 0.6) is 0 Å². The SMILES string of the molecule is [CH2]CC(C)c1cnccn1. The van der Waals surface area contributed by atoms with Crippen LogP contribution in [0.3, 0.4) is 0 Å². The summed E-state index contributed by atoms with van der Waals surface area (Å²) in [6, 6.07) is 0. The molecule has 0 N–H and O–H groups in total. The first-order chi connectivity index (χ1) is 4.84. The second-order valence-electron chi connectivity index (χ2n) is 2.32. The summed E-state index contributed by atoms with van der Waals surface area (Å²) in [5.74, 6) is 0.425. The average Bonchev–Trinajstić information content (AvgIpc) is 2.05. The molecule has 0 spiro atoms. The van der Waals surface area contributed by atoms with Crippen molar-refractivity contribution in [3.8, 4) is 0 Å². The lowest BCUT2D eigenvalue weighted by Gasteiger charge is -2.04. The zero-order chi connectivity index (χ0) is 7.40. The molecular formula is C8H11N2. The Balaban J connectivity index is 2.75. The second-order valence-corrected chi connectivity index (χ2v) is 2.32. The molecule has 0 aliphatic carbocycles. The molecule has 0 aliphatic rings. The molecular weight excluding hydrogens is 124 g/mol. The molecule has 0 bridgehead atoms. The van der Waals surface area contributed by atoms with Gasteiger partial charge in [0.25, 0.3) is 0 Å². The van der Waals surface area contributed by atoms with Gasteiger partial charge < -0.3 is 0 Å². The first kappa shape index (κ1) is 7.19. The summed E-state index contributed by atoms with van der Waals surface area (Å²) >= 11 is 0. The molecule has 1 aromatic rings. The van der Waals surface area contributed by atoms with Crippen LogP contribution in [0.25, 0.3) is 0 Å². The molecule has 0 saturated carbocycles. The third-order valence-electron chi connectivity index (χ3n) is 1.52. The smallest absolute Gasteiger partial charge is 0.0614 e. The van der Waals surface area contributed by atoms with Crippen molar-refractivity contribution >= 4 is 0 Å². The van der Waals surface area contributed by atoms with Gasteiger partial charge in [-0.15, -0.1) is 0 Å². The Morgan fingerprint density at radius 2 is 2.40 bits per heavy atom. The van der Waals surface area contributed by atoms with E-state index in [1.54, 1.807) is 18.6 Å². The van der Waals surface area contributed by atoms with Crippen molar-refractivity contribution in [3.05, 3.63) is 31.2 Å². The zero-order valence-electron chi connectivity index (χ0n) is 6.12. The summed E-state index contributed by atoms with van der Waals surface area (Å²) in [7, 11) is 0. The first-order valence-corrected chi connectivity index (χ1v) is 3.39. The number of aromatic nitrogens is 2. The fourth-order valence-electron chi connectivity index (χ4n) is 0.713. The molecule has 53 valence electrons. The van der Waals surface area contributed by atoms with Gasteiger partial charge in [-0.3, -0.25) is 9.97 Å². The average molecular weight is 135 g/mol. The highest BCUT2D eigenvalue weighted by molar-refractivity contribution is 5.01. The molecule has 1 radical (unpaired) electrons. The van der Waals surface area contributed by atoms with Crippen LogP contribution in [0.1, 0.15) is 25.0 Å². The van der Waals surface area contributed by atoms with Gasteiger partial charge in [-0.25, -0.2) is 0 Å². The quantitative estimate of drug-likeness (QED) is 0.618. The summed E-state index contributed by atoms with van der Waals surface area (Å²) < 4.78 is 0. The molecule has 2 nitrogen and oxygen atoms in total. The van der Waals surface area contributed by atoms with Crippen molar-refractivity contribution in [2.75, 3.05) is 0 Å². The lowest BCUT2D eigenvalue weighted by molar-refractivity contribution is 0.740. The molecule has 1 aromatic heterocycles. The van der Waals surface area contributed by atoms with E-state index in [1.807, 2.05) is 0 Å². The lowest BCUT2D eigenvalue weighted by Crippen LogP contribution is -1.94. The van der Waals surface area contributed by atoms with Crippen molar-refractivity contribution in [2.45, 2.75) is 19.3 Å². The van der Waals surface area contributed by atoms with Crippen LogP contribution in [0.4, 0.5) is 0 Å². The summed E-state index contributed by atoms with van der Waals surface area (Å²) in [6.07, 6.45) is 6.05. The molecule has 0 saturated heterocycles. The largest absolute Gasteiger partial charge is 0.261 e. The minimum absolute atomic E-state index is 0.425. The normalized spacial score (nSPS) is 13.0. The highest BCUT2D eigenvalue weighted by atomic mass is 14.8. The maximum Gasteiger partial charge on any atom is 0.0614 e. The second kappa shape index (κ2) is 3.30. The van der Waals surface area contributed by atoms with Crippen molar-refractivity contribution < 1.29 is 0 Å². The predicted molar refractivity (Wildman–Crippen MR) is 40.4 cm³/mol. The van der Waals surface area contributed by atoms with Gasteiger partial charge in [0.2, 0.25) is 0 Å². The van der Waals surface area contributed by atoms with E-state index in [2.05, 4.69) is 23.8 Å². The van der Waals surface area contributed by atoms with Crippen LogP contribution in [0.2, 0.25) is 0 Å². The van der Waals surface area contributed by atoms with Gasteiger partial charge in [0.1, 0.15) is 0 Å². The van der Waals surface area contributed by atoms with Gasteiger partial charge in [0.15, 0.2) is 0 Å². The monoisotopic (exact) mass is 135 g/mol. The molecule has 0 amide bonds. The van der Waals surface area contributed by atoms with Gasteiger partial charge in [-0.05, 0) is 12.3 Å². The van der Waals surface area contributed by atoms with E-state index in [0.29, 0.717) is 5.92 Å². The molecule has 1 atom stereocenters. The third kappa shape index (κ3) is 1.53. The highest BCUT2D eigenvalue weighted by Gasteiger charge is 2.01. The third-order valence-corrected chi connectivity index (χ3v) is 1.52. The van der Waals surface area contributed by atoms with E-state index in [9.17, 15) is 0 Å². The van der Waals surface area contributed by atoms with Crippen molar-refractivity contribution in [1.29, 1.82) is 0 Å². The van der Waals surface area contributed by atoms with Gasteiger partial charge >= 0.3 is 0 Å². The van der Waals surface area contributed by atoms with Crippen LogP contribution in [-0.4, -0.2) is 9.97 Å². The summed E-state index contributed by atoms with van der Waals surface area (Å²) in [4.78, 5) is 8.11. The number of nitrogens with zero attached hydrogens (tertiary/aromatic N) is 2. The molecule has 1 rings (SSSR count). The van der Waals surface area contributed by atoms with Gasteiger partial charge in [-0.1, -0.05) is 13.8 Å². The Bertz CT molecular complexity index is 184. The number of hydrogen-bond donors (Lipinski definition) is 0. The molecule has 1 heterocycles. The van der Waals surface area contributed by atoms with Crippen LogP contribution in [0, 0.1) is 6.92 Å².